The highest BCUT2D eigenvalue weighted by atomic mass is 16.2. The number of carbonyl (C=O) groups is 3. The third-order valence-electron chi connectivity index (χ3n) is 7.27. The fourth-order valence-electron chi connectivity index (χ4n) is 5.07. The standard InChI is InChI=1S/C27H38N8O3/c1-4-23(36)34-14-11-19(12-15-34)18-7-9-20(10-8-18)30-26-24(25(28)37)29-16-22(32-26)35-13-5-6-21(17-35)31-27(38)33(2)3/h7-10,16,19,21H,4-6,11-15,17H2,1-3H3,(H2,28,37)(H,30,32)(H,31,38). The van der Waals surface area contributed by atoms with Gasteiger partial charge in [0.15, 0.2) is 11.5 Å². The molecule has 11 heteroatoms. The van der Waals surface area contributed by atoms with E-state index in [0.29, 0.717) is 30.5 Å². The number of primary amides is 1. The number of piperidine rings is 2. The summed E-state index contributed by atoms with van der Waals surface area (Å²) in [6.45, 7) is 4.85. The van der Waals surface area contributed by atoms with E-state index in [4.69, 9.17) is 10.7 Å². The molecule has 4 rings (SSSR count). The van der Waals surface area contributed by atoms with Gasteiger partial charge in [0.1, 0.15) is 5.82 Å². The number of likely N-dealkylation sites (tertiary alicyclic amines) is 1. The minimum Gasteiger partial charge on any atom is -0.364 e. The number of carbonyl (C=O) groups excluding carboxylic acids is 3. The van der Waals surface area contributed by atoms with Crippen LogP contribution in [0, 0.1) is 0 Å². The van der Waals surface area contributed by atoms with Crippen molar-refractivity contribution in [2.24, 2.45) is 5.73 Å². The molecule has 2 aliphatic heterocycles. The maximum Gasteiger partial charge on any atom is 0.317 e. The zero-order valence-corrected chi connectivity index (χ0v) is 22.4. The number of rotatable bonds is 7. The van der Waals surface area contributed by atoms with Crippen LogP contribution in [0.5, 0.6) is 0 Å². The van der Waals surface area contributed by atoms with Crippen LogP contribution in [0.15, 0.2) is 30.5 Å². The van der Waals surface area contributed by atoms with E-state index in [1.54, 1.807) is 20.3 Å². The fourth-order valence-corrected chi connectivity index (χ4v) is 5.07. The van der Waals surface area contributed by atoms with Crippen LogP contribution in [0.2, 0.25) is 0 Å². The van der Waals surface area contributed by atoms with Gasteiger partial charge in [-0.3, -0.25) is 9.59 Å². The zero-order valence-electron chi connectivity index (χ0n) is 22.4. The van der Waals surface area contributed by atoms with Crippen molar-refractivity contribution in [2.75, 3.05) is 50.5 Å². The molecule has 1 unspecified atom stereocenters. The number of nitrogens with one attached hydrogen (secondary N) is 2. The first kappa shape index (κ1) is 27.2. The van der Waals surface area contributed by atoms with Crippen LogP contribution in [-0.2, 0) is 4.79 Å². The smallest absolute Gasteiger partial charge is 0.317 e. The highest BCUT2D eigenvalue weighted by Crippen LogP contribution is 2.30. The van der Waals surface area contributed by atoms with Gasteiger partial charge >= 0.3 is 6.03 Å². The van der Waals surface area contributed by atoms with Crippen LogP contribution in [0.25, 0.3) is 0 Å². The highest BCUT2D eigenvalue weighted by Gasteiger charge is 2.25. The second-order valence-corrected chi connectivity index (χ2v) is 10.2. The van der Waals surface area contributed by atoms with Crippen molar-refractivity contribution in [3.05, 3.63) is 41.7 Å². The Kier molecular flexibility index (Phi) is 8.65. The number of urea groups is 1. The third-order valence-corrected chi connectivity index (χ3v) is 7.27. The van der Waals surface area contributed by atoms with Crippen molar-refractivity contribution in [1.29, 1.82) is 0 Å². The third kappa shape index (κ3) is 6.51. The lowest BCUT2D eigenvalue weighted by atomic mass is 9.89. The molecule has 0 saturated carbocycles. The molecule has 4 amide bonds. The topological polar surface area (TPSA) is 137 Å². The van der Waals surface area contributed by atoms with Gasteiger partial charge in [-0.15, -0.1) is 0 Å². The van der Waals surface area contributed by atoms with Gasteiger partial charge in [0.25, 0.3) is 5.91 Å². The van der Waals surface area contributed by atoms with E-state index in [1.165, 1.54) is 10.5 Å². The summed E-state index contributed by atoms with van der Waals surface area (Å²) in [6, 6.07) is 7.95. The van der Waals surface area contributed by atoms with Crippen molar-refractivity contribution in [3.8, 4) is 0 Å². The van der Waals surface area contributed by atoms with Crippen LogP contribution >= 0.6 is 0 Å². The van der Waals surface area contributed by atoms with Crippen LogP contribution in [0.4, 0.5) is 22.1 Å². The Morgan fingerprint density at radius 3 is 2.42 bits per heavy atom. The molecule has 0 radical (unpaired) electrons. The number of hydrogen-bond donors (Lipinski definition) is 3. The summed E-state index contributed by atoms with van der Waals surface area (Å²) in [5.74, 6) is 0.885. The van der Waals surface area contributed by atoms with Crippen molar-refractivity contribution < 1.29 is 14.4 Å². The van der Waals surface area contributed by atoms with E-state index < -0.39 is 5.91 Å². The quantitative estimate of drug-likeness (QED) is 0.508. The van der Waals surface area contributed by atoms with Gasteiger partial charge < -0.3 is 31.1 Å². The first-order valence-electron chi connectivity index (χ1n) is 13.3. The molecule has 2 saturated heterocycles. The predicted octanol–water partition coefficient (Wildman–Crippen LogP) is 2.68. The molecule has 4 N–H and O–H groups in total. The molecular weight excluding hydrogens is 484 g/mol. The lowest BCUT2D eigenvalue weighted by Gasteiger charge is -2.34. The molecule has 2 aromatic rings. The molecule has 0 spiro atoms. The molecule has 1 atom stereocenters. The first-order valence-corrected chi connectivity index (χ1v) is 13.3. The Hall–Kier alpha value is -3.89. The van der Waals surface area contributed by atoms with Gasteiger partial charge in [-0.25, -0.2) is 14.8 Å². The zero-order chi connectivity index (χ0) is 27.2. The van der Waals surface area contributed by atoms with E-state index in [1.807, 2.05) is 24.0 Å². The predicted molar refractivity (Wildman–Crippen MR) is 147 cm³/mol. The minimum absolute atomic E-state index is 0.00724. The number of nitrogens with two attached hydrogens (primary N) is 1. The Morgan fingerprint density at radius 1 is 1.08 bits per heavy atom. The summed E-state index contributed by atoms with van der Waals surface area (Å²) < 4.78 is 0. The van der Waals surface area contributed by atoms with Crippen molar-refractivity contribution >= 4 is 35.2 Å². The summed E-state index contributed by atoms with van der Waals surface area (Å²) >= 11 is 0. The molecule has 1 aromatic heterocycles. The number of aromatic nitrogens is 2. The monoisotopic (exact) mass is 522 g/mol. The Bertz CT molecular complexity index is 1150. The summed E-state index contributed by atoms with van der Waals surface area (Å²) in [6.07, 6.45) is 5.78. The van der Waals surface area contributed by atoms with E-state index in [2.05, 4.69) is 32.7 Å². The van der Waals surface area contributed by atoms with Crippen LogP contribution in [0.1, 0.15) is 61.0 Å². The lowest BCUT2D eigenvalue weighted by Crippen LogP contribution is -2.50. The van der Waals surface area contributed by atoms with Crippen LogP contribution in [0.3, 0.4) is 0 Å². The molecule has 1 aromatic carbocycles. The van der Waals surface area contributed by atoms with Crippen molar-refractivity contribution in [1.82, 2.24) is 25.1 Å². The Labute approximate surface area is 223 Å². The summed E-state index contributed by atoms with van der Waals surface area (Å²) in [5, 5.41) is 6.25. The van der Waals surface area contributed by atoms with Gasteiger partial charge in [0.05, 0.1) is 6.20 Å². The molecule has 11 nitrogen and oxygen atoms in total. The maximum absolute atomic E-state index is 12.1. The Morgan fingerprint density at radius 2 is 1.79 bits per heavy atom. The number of amides is 4. The van der Waals surface area contributed by atoms with E-state index in [9.17, 15) is 14.4 Å². The number of anilines is 3. The molecule has 0 aliphatic carbocycles. The molecule has 2 fully saturated rings. The number of benzene rings is 1. The Balaban J connectivity index is 1.45. The normalized spacial score (nSPS) is 18.1. The SMILES string of the molecule is CCC(=O)N1CCC(c2ccc(Nc3nc(N4CCCC(NC(=O)N(C)C)C4)cnc3C(N)=O)cc2)CC1. The number of nitrogens with zero attached hydrogens (tertiary/aromatic N) is 5. The molecule has 38 heavy (non-hydrogen) atoms. The molecule has 204 valence electrons. The summed E-state index contributed by atoms with van der Waals surface area (Å²) in [5.41, 5.74) is 7.66. The summed E-state index contributed by atoms with van der Waals surface area (Å²) in [7, 11) is 3.43. The molecular formula is C27H38N8O3. The molecule has 2 aliphatic rings. The van der Waals surface area contributed by atoms with Crippen molar-refractivity contribution in [2.45, 2.75) is 51.0 Å². The van der Waals surface area contributed by atoms with Gasteiger partial charge in [0, 0.05) is 58.4 Å². The van der Waals surface area contributed by atoms with Gasteiger partial charge in [-0.05, 0) is 49.3 Å². The van der Waals surface area contributed by atoms with Gasteiger partial charge in [-0.2, -0.15) is 0 Å². The van der Waals surface area contributed by atoms with Crippen LogP contribution in [-0.4, -0.2) is 83.9 Å². The number of hydrogen-bond acceptors (Lipinski definition) is 7. The van der Waals surface area contributed by atoms with E-state index in [0.717, 1.165) is 51.0 Å². The molecule has 3 heterocycles. The van der Waals surface area contributed by atoms with E-state index >= 15 is 0 Å². The first-order chi connectivity index (χ1) is 18.2. The summed E-state index contributed by atoms with van der Waals surface area (Å²) in [4.78, 5) is 50.7. The average Bonchev–Trinajstić information content (AvgIpc) is 2.93. The highest BCUT2D eigenvalue weighted by molar-refractivity contribution is 5.96. The second-order valence-electron chi connectivity index (χ2n) is 10.2. The largest absolute Gasteiger partial charge is 0.364 e. The minimum atomic E-state index is -0.661. The van der Waals surface area contributed by atoms with Crippen LogP contribution < -0.4 is 21.3 Å². The van der Waals surface area contributed by atoms with Gasteiger partial charge in [0.2, 0.25) is 5.91 Å². The van der Waals surface area contributed by atoms with Crippen molar-refractivity contribution in [3.63, 3.8) is 0 Å². The van der Waals surface area contributed by atoms with Gasteiger partial charge in [-0.1, -0.05) is 19.1 Å². The average molecular weight is 523 g/mol. The maximum atomic E-state index is 12.1. The fraction of sp³-hybridized carbons (Fsp3) is 0.519. The second kappa shape index (κ2) is 12.1. The van der Waals surface area contributed by atoms with E-state index in [-0.39, 0.29) is 23.7 Å². The molecule has 0 bridgehead atoms. The lowest BCUT2D eigenvalue weighted by molar-refractivity contribution is -0.131.